The van der Waals surface area contributed by atoms with Crippen molar-refractivity contribution >= 4 is 31.9 Å². The SMILES string of the molecule is CC(C)C(CC(=O)O)NS(=O)(=O)c1ccccc1Br. The van der Waals surface area contributed by atoms with Crippen LogP contribution in [0.15, 0.2) is 33.6 Å². The minimum Gasteiger partial charge on any atom is -0.481 e. The van der Waals surface area contributed by atoms with E-state index in [1.807, 2.05) is 0 Å². The van der Waals surface area contributed by atoms with Crippen molar-refractivity contribution in [2.75, 3.05) is 0 Å². The summed E-state index contributed by atoms with van der Waals surface area (Å²) in [4.78, 5) is 10.9. The van der Waals surface area contributed by atoms with Crippen molar-refractivity contribution in [1.82, 2.24) is 4.72 Å². The molecule has 0 aliphatic heterocycles. The van der Waals surface area contributed by atoms with Gasteiger partial charge < -0.3 is 5.11 Å². The Kier molecular flexibility index (Phi) is 5.51. The molecule has 1 atom stereocenters. The highest BCUT2D eigenvalue weighted by molar-refractivity contribution is 9.10. The van der Waals surface area contributed by atoms with Crippen molar-refractivity contribution in [3.05, 3.63) is 28.7 Å². The first kappa shape index (κ1) is 16.1. The first-order chi connectivity index (χ1) is 8.74. The van der Waals surface area contributed by atoms with Crippen LogP contribution in [0.1, 0.15) is 20.3 Å². The number of benzene rings is 1. The molecule has 19 heavy (non-hydrogen) atoms. The molecule has 1 unspecified atom stereocenters. The molecule has 0 saturated carbocycles. The maximum absolute atomic E-state index is 12.2. The van der Waals surface area contributed by atoms with E-state index in [9.17, 15) is 13.2 Å². The number of carboxylic acids is 1. The monoisotopic (exact) mass is 349 g/mol. The summed E-state index contributed by atoms with van der Waals surface area (Å²) in [6.45, 7) is 3.55. The number of carboxylic acid groups (broad SMARTS) is 1. The van der Waals surface area contributed by atoms with Crippen molar-refractivity contribution in [1.29, 1.82) is 0 Å². The van der Waals surface area contributed by atoms with Crippen LogP contribution in [-0.4, -0.2) is 25.5 Å². The summed E-state index contributed by atoms with van der Waals surface area (Å²) in [5, 5.41) is 8.81. The molecule has 0 heterocycles. The average molecular weight is 350 g/mol. The number of halogens is 1. The fourth-order valence-electron chi connectivity index (χ4n) is 1.53. The predicted molar refractivity (Wildman–Crippen MR) is 75.3 cm³/mol. The van der Waals surface area contributed by atoms with Gasteiger partial charge in [0.25, 0.3) is 0 Å². The second-order valence-corrected chi connectivity index (χ2v) is 7.04. The van der Waals surface area contributed by atoms with E-state index in [2.05, 4.69) is 20.7 Å². The second kappa shape index (κ2) is 6.49. The van der Waals surface area contributed by atoms with E-state index in [0.717, 1.165) is 0 Å². The number of hydrogen-bond donors (Lipinski definition) is 2. The molecule has 0 radical (unpaired) electrons. The fourth-order valence-corrected chi connectivity index (χ4v) is 3.91. The van der Waals surface area contributed by atoms with Gasteiger partial charge in [-0.05, 0) is 34.0 Å². The zero-order chi connectivity index (χ0) is 14.6. The maximum atomic E-state index is 12.2. The van der Waals surface area contributed by atoms with Gasteiger partial charge in [-0.3, -0.25) is 4.79 Å². The molecular weight excluding hydrogens is 334 g/mol. The second-order valence-electron chi connectivity index (χ2n) is 4.50. The van der Waals surface area contributed by atoms with Gasteiger partial charge >= 0.3 is 5.97 Å². The number of rotatable bonds is 6. The van der Waals surface area contributed by atoms with Crippen LogP contribution in [0.2, 0.25) is 0 Å². The first-order valence-corrected chi connectivity index (χ1v) is 8.00. The highest BCUT2D eigenvalue weighted by atomic mass is 79.9. The highest BCUT2D eigenvalue weighted by Crippen LogP contribution is 2.22. The molecule has 1 rings (SSSR count). The summed E-state index contributed by atoms with van der Waals surface area (Å²) >= 11 is 3.17. The zero-order valence-electron chi connectivity index (χ0n) is 10.6. The number of carbonyl (C=O) groups is 1. The molecule has 0 spiro atoms. The lowest BCUT2D eigenvalue weighted by atomic mass is 10.0. The van der Waals surface area contributed by atoms with Gasteiger partial charge in [-0.1, -0.05) is 26.0 Å². The van der Waals surface area contributed by atoms with Crippen LogP contribution in [0.4, 0.5) is 0 Å². The molecule has 7 heteroatoms. The molecule has 2 N–H and O–H groups in total. The third-order valence-corrected chi connectivity index (χ3v) is 5.13. The molecule has 1 aromatic carbocycles. The molecule has 0 aliphatic rings. The van der Waals surface area contributed by atoms with Crippen molar-refractivity contribution < 1.29 is 18.3 Å². The minimum atomic E-state index is -3.74. The van der Waals surface area contributed by atoms with Gasteiger partial charge in [0.15, 0.2) is 0 Å². The number of sulfonamides is 1. The standard InChI is InChI=1S/C12H16BrNO4S/c1-8(2)10(7-12(15)16)14-19(17,18)11-6-4-3-5-9(11)13/h3-6,8,10,14H,7H2,1-2H3,(H,15,16). The molecule has 0 aromatic heterocycles. The number of hydrogen-bond acceptors (Lipinski definition) is 3. The van der Waals surface area contributed by atoms with Crippen LogP contribution in [-0.2, 0) is 14.8 Å². The zero-order valence-corrected chi connectivity index (χ0v) is 13.0. The lowest BCUT2D eigenvalue weighted by Gasteiger charge is -2.20. The van der Waals surface area contributed by atoms with Crippen molar-refractivity contribution in [3.63, 3.8) is 0 Å². The summed E-state index contributed by atoms with van der Waals surface area (Å²) in [5.74, 6) is -1.15. The Hall–Kier alpha value is -0.920. The summed E-state index contributed by atoms with van der Waals surface area (Å²) in [5.41, 5.74) is 0. The third kappa shape index (κ3) is 4.59. The van der Waals surface area contributed by atoms with E-state index in [0.29, 0.717) is 4.47 Å². The molecule has 0 saturated heterocycles. The smallest absolute Gasteiger partial charge is 0.304 e. The molecule has 106 valence electrons. The fraction of sp³-hybridized carbons (Fsp3) is 0.417. The van der Waals surface area contributed by atoms with Gasteiger partial charge in [-0.2, -0.15) is 0 Å². The molecule has 1 aromatic rings. The number of aliphatic carboxylic acids is 1. The lowest BCUT2D eigenvalue weighted by molar-refractivity contribution is -0.137. The quantitative estimate of drug-likeness (QED) is 0.824. The van der Waals surface area contributed by atoms with Gasteiger partial charge in [-0.15, -0.1) is 0 Å². The normalized spacial score (nSPS) is 13.5. The Bertz CT molecular complexity index is 557. The van der Waals surface area contributed by atoms with Crippen molar-refractivity contribution in [3.8, 4) is 0 Å². The van der Waals surface area contributed by atoms with Gasteiger partial charge in [0.2, 0.25) is 10.0 Å². The molecule has 0 bridgehead atoms. The highest BCUT2D eigenvalue weighted by Gasteiger charge is 2.25. The Morgan fingerprint density at radius 3 is 2.42 bits per heavy atom. The van der Waals surface area contributed by atoms with E-state index >= 15 is 0 Å². The summed E-state index contributed by atoms with van der Waals surface area (Å²) in [6, 6.07) is 5.76. The summed E-state index contributed by atoms with van der Waals surface area (Å²) < 4.78 is 27.3. The van der Waals surface area contributed by atoms with Gasteiger partial charge in [-0.25, -0.2) is 13.1 Å². The largest absolute Gasteiger partial charge is 0.481 e. The lowest BCUT2D eigenvalue weighted by Crippen LogP contribution is -2.40. The summed E-state index contributed by atoms with van der Waals surface area (Å²) in [7, 11) is -3.74. The van der Waals surface area contributed by atoms with Crippen LogP contribution < -0.4 is 4.72 Å². The van der Waals surface area contributed by atoms with Gasteiger partial charge in [0, 0.05) is 10.5 Å². The first-order valence-electron chi connectivity index (χ1n) is 5.72. The average Bonchev–Trinajstić information content (AvgIpc) is 2.27. The minimum absolute atomic E-state index is 0.103. The van der Waals surface area contributed by atoms with Gasteiger partial charge in [0.1, 0.15) is 0 Å². The maximum Gasteiger partial charge on any atom is 0.304 e. The van der Waals surface area contributed by atoms with Crippen molar-refractivity contribution in [2.24, 2.45) is 5.92 Å². The topological polar surface area (TPSA) is 83.5 Å². The molecule has 5 nitrogen and oxygen atoms in total. The van der Waals surface area contributed by atoms with Crippen molar-refractivity contribution in [2.45, 2.75) is 31.2 Å². The van der Waals surface area contributed by atoms with E-state index in [1.165, 1.54) is 6.07 Å². The summed E-state index contributed by atoms with van der Waals surface area (Å²) in [6.07, 6.45) is -0.249. The molecule has 0 fully saturated rings. The van der Waals surface area contributed by atoms with E-state index in [-0.39, 0.29) is 17.2 Å². The van der Waals surface area contributed by atoms with Crippen LogP contribution >= 0.6 is 15.9 Å². The Morgan fingerprint density at radius 1 is 1.37 bits per heavy atom. The Balaban J connectivity index is 3.01. The predicted octanol–water partition coefficient (Wildman–Crippen LogP) is 2.23. The Labute approximate surface area is 121 Å². The van der Waals surface area contributed by atoms with Gasteiger partial charge in [0.05, 0.1) is 11.3 Å². The molecular formula is C12H16BrNO4S. The Morgan fingerprint density at radius 2 is 1.95 bits per heavy atom. The van der Waals surface area contributed by atoms with Crippen LogP contribution in [0.3, 0.4) is 0 Å². The van der Waals surface area contributed by atoms with E-state index < -0.39 is 22.0 Å². The van der Waals surface area contributed by atoms with E-state index in [4.69, 9.17) is 5.11 Å². The molecule has 0 aliphatic carbocycles. The molecule has 0 amide bonds. The van der Waals surface area contributed by atoms with Crippen LogP contribution in [0.25, 0.3) is 0 Å². The van der Waals surface area contributed by atoms with Crippen LogP contribution in [0.5, 0.6) is 0 Å². The van der Waals surface area contributed by atoms with E-state index in [1.54, 1.807) is 32.0 Å². The van der Waals surface area contributed by atoms with Crippen LogP contribution in [0, 0.1) is 5.92 Å². The number of nitrogens with one attached hydrogen (secondary N) is 1. The third-order valence-electron chi connectivity index (χ3n) is 2.63.